The Labute approximate surface area is 117 Å². The van der Waals surface area contributed by atoms with Gasteiger partial charge < -0.3 is 16.4 Å². The lowest BCUT2D eigenvalue weighted by molar-refractivity contribution is 0.970. The van der Waals surface area contributed by atoms with Crippen molar-refractivity contribution in [3.05, 3.63) is 35.5 Å². The maximum Gasteiger partial charge on any atom is 0.145 e. The van der Waals surface area contributed by atoms with Crippen LogP contribution in [0, 0.1) is 0 Å². The number of aliphatic imine (C=N–C) groups is 1. The van der Waals surface area contributed by atoms with Crippen molar-refractivity contribution in [3.8, 4) is 0 Å². The fraction of sp³-hybridized carbons (Fsp3) is 0.231. The average molecular weight is 278 g/mol. The molecular formula is C13H16ClN5. The number of halogens is 1. The fourth-order valence-electron chi connectivity index (χ4n) is 1.84. The first-order valence-electron chi connectivity index (χ1n) is 5.92. The van der Waals surface area contributed by atoms with Crippen molar-refractivity contribution in [1.82, 2.24) is 0 Å². The van der Waals surface area contributed by atoms with Crippen molar-refractivity contribution in [2.75, 3.05) is 10.6 Å². The van der Waals surface area contributed by atoms with Gasteiger partial charge in [0.2, 0.25) is 0 Å². The van der Waals surface area contributed by atoms with Crippen molar-refractivity contribution in [2.24, 2.45) is 15.2 Å². The predicted molar refractivity (Wildman–Crippen MR) is 82.0 cm³/mol. The Balaban J connectivity index is 2.21. The number of anilines is 2. The van der Waals surface area contributed by atoms with Crippen molar-refractivity contribution in [1.29, 1.82) is 0 Å². The highest BCUT2D eigenvalue weighted by Gasteiger charge is 2.21. The fourth-order valence-corrected chi connectivity index (χ4v) is 1.94. The van der Waals surface area contributed by atoms with Crippen LogP contribution >= 0.6 is 11.8 Å². The Kier molecular flexibility index (Phi) is 4.06. The zero-order valence-corrected chi connectivity index (χ0v) is 11.6. The highest BCUT2D eigenvalue weighted by molar-refractivity contribution is 6.22. The zero-order valence-electron chi connectivity index (χ0n) is 10.8. The zero-order chi connectivity index (χ0) is 13.8. The number of rotatable bonds is 3. The molecular weight excluding hydrogens is 262 g/mol. The van der Waals surface area contributed by atoms with Crippen molar-refractivity contribution in [2.45, 2.75) is 20.0 Å². The summed E-state index contributed by atoms with van der Waals surface area (Å²) in [6, 6.07) is 5.74. The molecule has 100 valence electrons. The second kappa shape index (κ2) is 5.75. The van der Waals surface area contributed by atoms with E-state index in [1.807, 2.05) is 38.2 Å². The van der Waals surface area contributed by atoms with E-state index in [4.69, 9.17) is 17.5 Å². The van der Waals surface area contributed by atoms with Crippen molar-refractivity contribution < 1.29 is 0 Å². The van der Waals surface area contributed by atoms with Crippen LogP contribution in [0.15, 0.2) is 39.5 Å². The highest BCUT2D eigenvalue weighted by atomic mass is 35.5. The third-order valence-electron chi connectivity index (χ3n) is 2.89. The minimum absolute atomic E-state index is 0.0307. The summed E-state index contributed by atoms with van der Waals surface area (Å²) in [5, 5.41) is 6.72. The number of hydrogen-bond donors (Lipinski definition) is 3. The molecule has 0 saturated heterocycles. The van der Waals surface area contributed by atoms with Gasteiger partial charge in [-0.2, -0.15) is 4.51 Å². The second-order valence-corrected chi connectivity index (χ2v) is 4.40. The van der Waals surface area contributed by atoms with Gasteiger partial charge >= 0.3 is 0 Å². The Bertz CT molecular complexity index is 562. The Morgan fingerprint density at radius 3 is 2.79 bits per heavy atom. The van der Waals surface area contributed by atoms with Crippen molar-refractivity contribution >= 4 is 35.2 Å². The largest absolute Gasteiger partial charge is 0.382 e. The molecule has 1 atom stereocenters. The molecule has 0 spiro atoms. The van der Waals surface area contributed by atoms with Gasteiger partial charge in [-0.05, 0) is 37.6 Å². The maximum atomic E-state index is 5.69. The van der Waals surface area contributed by atoms with Gasteiger partial charge in [-0.3, -0.25) is 4.99 Å². The lowest BCUT2D eigenvalue weighted by atomic mass is 10.1. The molecule has 0 radical (unpaired) electrons. The molecule has 1 aromatic carbocycles. The van der Waals surface area contributed by atoms with Gasteiger partial charge in [0.15, 0.2) is 0 Å². The van der Waals surface area contributed by atoms with Crippen LogP contribution in [0.4, 0.5) is 11.4 Å². The molecule has 0 amide bonds. The summed E-state index contributed by atoms with van der Waals surface area (Å²) in [6.07, 6.45) is 3.61. The molecule has 1 aromatic rings. The Morgan fingerprint density at radius 1 is 1.37 bits per heavy atom. The summed E-state index contributed by atoms with van der Waals surface area (Å²) in [4.78, 5) is 4.11. The van der Waals surface area contributed by atoms with Gasteiger partial charge in [-0.25, -0.2) is 0 Å². The first-order valence-corrected chi connectivity index (χ1v) is 6.26. The molecule has 0 saturated carbocycles. The van der Waals surface area contributed by atoms with Crippen LogP contribution < -0.4 is 16.4 Å². The number of nitrogens with one attached hydrogen (secondary N) is 2. The van der Waals surface area contributed by atoms with E-state index in [1.54, 1.807) is 6.21 Å². The quantitative estimate of drug-likeness (QED) is 0.587. The number of amidine groups is 1. The second-order valence-electron chi connectivity index (χ2n) is 4.23. The minimum atomic E-state index is 0.0307. The number of nitrogens with zero attached hydrogens (tertiary/aromatic N) is 2. The molecule has 0 aliphatic carbocycles. The lowest BCUT2D eigenvalue weighted by Crippen LogP contribution is -2.23. The lowest BCUT2D eigenvalue weighted by Gasteiger charge is -2.11. The van der Waals surface area contributed by atoms with Gasteiger partial charge in [0, 0.05) is 29.8 Å². The molecule has 19 heavy (non-hydrogen) atoms. The summed E-state index contributed by atoms with van der Waals surface area (Å²) < 4.78 is 3.47. The number of hydrogen-bond acceptors (Lipinski definition) is 4. The van der Waals surface area contributed by atoms with Crippen LogP contribution in [0.3, 0.4) is 0 Å². The standard InChI is InChI=1S/C13H16ClN5/c1-3-16-7-8(2)13-17-10-5-4-9(12(15)19-14)6-11(10)18-13/h3-7,13,17-18H,1-2H3,(H2,15,19)/b8-7+,16-3-. The van der Waals surface area contributed by atoms with Gasteiger partial charge in [-0.1, -0.05) is 0 Å². The first-order chi connectivity index (χ1) is 9.15. The highest BCUT2D eigenvalue weighted by Crippen LogP contribution is 2.31. The maximum absolute atomic E-state index is 5.69. The summed E-state index contributed by atoms with van der Waals surface area (Å²) >= 11 is 5.38. The van der Waals surface area contributed by atoms with E-state index in [-0.39, 0.29) is 6.17 Å². The third kappa shape index (κ3) is 2.88. The first kappa shape index (κ1) is 13.4. The van der Waals surface area contributed by atoms with Crippen LogP contribution in [0.5, 0.6) is 0 Å². The SMILES string of the molecule is C/C=N\C=C(/C)C1Nc2ccc(C(N)=NCl)cc2N1. The van der Waals surface area contributed by atoms with Crippen LogP contribution in [-0.4, -0.2) is 18.2 Å². The monoisotopic (exact) mass is 277 g/mol. The molecule has 2 rings (SSSR count). The van der Waals surface area contributed by atoms with E-state index >= 15 is 0 Å². The molecule has 1 unspecified atom stereocenters. The molecule has 1 heterocycles. The molecule has 1 aliphatic rings. The smallest absolute Gasteiger partial charge is 0.145 e. The molecule has 5 nitrogen and oxygen atoms in total. The third-order valence-corrected chi connectivity index (χ3v) is 3.07. The minimum Gasteiger partial charge on any atom is -0.382 e. The molecule has 4 N–H and O–H groups in total. The number of nitrogens with two attached hydrogens (primary N) is 1. The van der Waals surface area contributed by atoms with E-state index < -0.39 is 0 Å². The van der Waals surface area contributed by atoms with Crippen molar-refractivity contribution in [3.63, 3.8) is 0 Å². The van der Waals surface area contributed by atoms with Gasteiger partial charge in [0.25, 0.3) is 0 Å². The summed E-state index contributed by atoms with van der Waals surface area (Å²) in [7, 11) is 0. The molecule has 0 fully saturated rings. The summed E-state index contributed by atoms with van der Waals surface area (Å²) in [5.41, 5.74) is 9.56. The van der Waals surface area contributed by atoms with Crippen LogP contribution in [0.25, 0.3) is 0 Å². The molecule has 1 aliphatic heterocycles. The van der Waals surface area contributed by atoms with Crippen LogP contribution in [-0.2, 0) is 0 Å². The van der Waals surface area contributed by atoms with E-state index in [0.717, 1.165) is 22.5 Å². The van der Waals surface area contributed by atoms with E-state index in [1.165, 1.54) is 0 Å². The Hall–Kier alpha value is -2.01. The molecule has 0 aromatic heterocycles. The van der Waals surface area contributed by atoms with E-state index in [2.05, 4.69) is 20.1 Å². The van der Waals surface area contributed by atoms with Crippen LogP contribution in [0.1, 0.15) is 19.4 Å². The van der Waals surface area contributed by atoms with Gasteiger partial charge in [0.1, 0.15) is 12.0 Å². The Morgan fingerprint density at radius 2 is 2.11 bits per heavy atom. The van der Waals surface area contributed by atoms with Crippen LogP contribution in [0.2, 0.25) is 0 Å². The normalized spacial score (nSPS) is 19.2. The van der Waals surface area contributed by atoms with E-state index in [9.17, 15) is 0 Å². The molecule has 6 heteroatoms. The number of fused-ring (bicyclic) bond motifs is 1. The van der Waals surface area contributed by atoms with Gasteiger partial charge in [-0.15, -0.1) is 0 Å². The summed E-state index contributed by atoms with van der Waals surface area (Å²) in [6.45, 7) is 3.90. The topological polar surface area (TPSA) is 74.8 Å². The predicted octanol–water partition coefficient (Wildman–Crippen LogP) is 2.70. The summed E-state index contributed by atoms with van der Waals surface area (Å²) in [5.74, 6) is 0.303. The van der Waals surface area contributed by atoms with Gasteiger partial charge in [0.05, 0.1) is 11.4 Å². The average Bonchev–Trinajstić information content (AvgIpc) is 2.86. The number of benzene rings is 1. The molecule has 0 bridgehead atoms. The van der Waals surface area contributed by atoms with E-state index in [0.29, 0.717) is 5.84 Å².